The minimum absolute atomic E-state index is 0.0241. The Bertz CT molecular complexity index is 1090. The maximum absolute atomic E-state index is 13.0. The molecule has 0 spiro atoms. The van der Waals surface area contributed by atoms with E-state index >= 15 is 0 Å². The monoisotopic (exact) mass is 439 g/mol. The van der Waals surface area contributed by atoms with Crippen molar-refractivity contribution in [1.29, 1.82) is 0 Å². The molecule has 0 saturated heterocycles. The van der Waals surface area contributed by atoms with Crippen molar-refractivity contribution in [1.82, 2.24) is 24.0 Å². The van der Waals surface area contributed by atoms with Crippen molar-refractivity contribution in [3.8, 4) is 11.3 Å². The number of carbonyl (C=O) groups is 1. The fourth-order valence-corrected chi connectivity index (χ4v) is 4.30. The van der Waals surface area contributed by atoms with Gasteiger partial charge in [0.15, 0.2) is 0 Å². The predicted octanol–water partition coefficient (Wildman–Crippen LogP) is 3.64. The average Bonchev–Trinajstić information content (AvgIpc) is 3.29. The number of hydrogen-bond donors (Lipinski definition) is 1. The number of nitrogens with one attached hydrogen (secondary N) is 1. The van der Waals surface area contributed by atoms with E-state index < -0.39 is 0 Å². The lowest BCUT2D eigenvalue weighted by molar-refractivity contribution is 0.0712. The number of rotatable bonds is 4. The van der Waals surface area contributed by atoms with Crippen LogP contribution >= 0.6 is 11.5 Å². The van der Waals surface area contributed by atoms with Crippen LogP contribution in [0.3, 0.4) is 0 Å². The minimum Gasteiger partial charge on any atom is -0.378 e. The second-order valence-electron chi connectivity index (χ2n) is 9.11. The molecule has 0 atom stereocenters. The molecule has 1 aliphatic rings. The summed E-state index contributed by atoms with van der Waals surface area (Å²) in [5.41, 5.74) is 3.68. The van der Waals surface area contributed by atoms with Crippen LogP contribution in [0.4, 0.5) is 11.5 Å². The van der Waals surface area contributed by atoms with Crippen molar-refractivity contribution >= 4 is 28.9 Å². The summed E-state index contributed by atoms with van der Waals surface area (Å²) >= 11 is 1.15. The van der Waals surface area contributed by atoms with Crippen LogP contribution in [-0.4, -0.2) is 56.1 Å². The molecule has 3 aromatic rings. The van der Waals surface area contributed by atoms with Gasteiger partial charge in [0.05, 0.1) is 12.2 Å². The molecule has 1 aliphatic heterocycles. The number of benzene rings is 1. The molecule has 1 aromatic carbocycles. The van der Waals surface area contributed by atoms with Crippen LogP contribution in [0, 0.1) is 6.92 Å². The van der Waals surface area contributed by atoms with Gasteiger partial charge in [-0.05, 0) is 51.4 Å². The Morgan fingerprint density at radius 2 is 1.87 bits per heavy atom. The van der Waals surface area contributed by atoms with Crippen molar-refractivity contribution < 1.29 is 4.79 Å². The molecule has 2 aromatic heterocycles. The highest BCUT2D eigenvalue weighted by Gasteiger charge is 2.30. The maximum atomic E-state index is 13.0. The zero-order valence-corrected chi connectivity index (χ0v) is 19.7. The van der Waals surface area contributed by atoms with Gasteiger partial charge in [0, 0.05) is 44.0 Å². The molecule has 1 N–H and O–H groups in total. The van der Waals surface area contributed by atoms with Crippen molar-refractivity contribution in [3.63, 3.8) is 0 Å². The molecule has 4 rings (SSSR count). The lowest BCUT2D eigenvalue weighted by atomic mass is 10.1. The molecule has 3 heterocycles. The van der Waals surface area contributed by atoms with E-state index in [0.717, 1.165) is 40.1 Å². The van der Waals surface area contributed by atoms with Crippen LogP contribution in [0.1, 0.15) is 42.0 Å². The quantitative estimate of drug-likeness (QED) is 0.669. The molecule has 9 heteroatoms. The van der Waals surface area contributed by atoms with Crippen LogP contribution in [0.5, 0.6) is 0 Å². The predicted molar refractivity (Wildman–Crippen MR) is 125 cm³/mol. The standard InChI is InChI=1S/C22H29N7OS/c1-14-19(31-26-25-14)21(30)28-11-12-29-17(13-28)23-18(20(29)24-22(2,3)4)15-7-9-16(10-8-15)27(5)6/h7-10,24H,11-13H2,1-6H3. The first-order chi connectivity index (χ1) is 14.6. The first kappa shape index (κ1) is 21.3. The number of amides is 1. The molecule has 8 nitrogen and oxygen atoms in total. The Hall–Kier alpha value is -2.94. The second-order valence-corrected chi connectivity index (χ2v) is 9.86. The van der Waals surface area contributed by atoms with Gasteiger partial charge < -0.3 is 19.7 Å². The first-order valence-corrected chi connectivity index (χ1v) is 11.1. The lowest BCUT2D eigenvalue weighted by Gasteiger charge is -2.30. The number of aromatic nitrogens is 4. The Balaban J connectivity index is 1.70. The number of nitrogens with zero attached hydrogens (tertiary/aromatic N) is 6. The highest BCUT2D eigenvalue weighted by Crippen LogP contribution is 2.34. The maximum Gasteiger partial charge on any atom is 0.267 e. The minimum atomic E-state index is -0.118. The Labute approximate surface area is 187 Å². The van der Waals surface area contributed by atoms with E-state index in [0.29, 0.717) is 30.2 Å². The third-order valence-electron chi connectivity index (χ3n) is 5.26. The first-order valence-electron chi connectivity index (χ1n) is 10.4. The lowest BCUT2D eigenvalue weighted by Crippen LogP contribution is -2.39. The molecule has 31 heavy (non-hydrogen) atoms. The second kappa shape index (κ2) is 7.96. The van der Waals surface area contributed by atoms with Crippen molar-refractivity contribution in [2.24, 2.45) is 0 Å². The number of fused-ring (bicyclic) bond motifs is 1. The molecule has 0 aliphatic carbocycles. The summed E-state index contributed by atoms with van der Waals surface area (Å²) in [6, 6.07) is 8.41. The number of carbonyl (C=O) groups excluding carboxylic acids is 1. The number of hydrogen-bond acceptors (Lipinski definition) is 7. The summed E-state index contributed by atoms with van der Waals surface area (Å²) in [5, 5.41) is 7.62. The van der Waals surface area contributed by atoms with Gasteiger partial charge in [0.1, 0.15) is 22.2 Å². The van der Waals surface area contributed by atoms with Gasteiger partial charge in [-0.15, -0.1) is 5.10 Å². The summed E-state index contributed by atoms with van der Waals surface area (Å²) in [5.74, 6) is 1.86. The molecule has 0 bridgehead atoms. The Morgan fingerprint density at radius 3 is 2.45 bits per heavy atom. The van der Waals surface area contributed by atoms with Gasteiger partial charge in [0.25, 0.3) is 5.91 Å². The third kappa shape index (κ3) is 4.27. The highest BCUT2D eigenvalue weighted by molar-refractivity contribution is 7.07. The molecule has 1 amide bonds. The van der Waals surface area contributed by atoms with Crippen LogP contribution in [0.15, 0.2) is 24.3 Å². The molecule has 164 valence electrons. The van der Waals surface area contributed by atoms with Crippen molar-refractivity contribution in [2.45, 2.75) is 46.3 Å². The fraction of sp³-hybridized carbons (Fsp3) is 0.455. The summed E-state index contributed by atoms with van der Waals surface area (Å²) in [6.45, 7) is 10.0. The summed E-state index contributed by atoms with van der Waals surface area (Å²) < 4.78 is 6.12. The van der Waals surface area contributed by atoms with Gasteiger partial charge in [-0.25, -0.2) is 4.98 Å². The van der Waals surface area contributed by atoms with Crippen molar-refractivity contribution in [2.75, 3.05) is 30.9 Å². The van der Waals surface area contributed by atoms with E-state index in [2.05, 4.69) is 69.4 Å². The number of aryl methyl sites for hydroxylation is 1. The highest BCUT2D eigenvalue weighted by atomic mass is 32.1. The topological polar surface area (TPSA) is 79.2 Å². The number of imidazole rings is 1. The summed E-state index contributed by atoms with van der Waals surface area (Å²) in [7, 11) is 4.06. The molecule has 0 fully saturated rings. The third-order valence-corrected chi connectivity index (χ3v) is 6.07. The molecule has 0 saturated carbocycles. The average molecular weight is 440 g/mol. The normalized spacial score (nSPS) is 13.8. The van der Waals surface area contributed by atoms with E-state index in [1.165, 1.54) is 0 Å². The molecule has 0 radical (unpaired) electrons. The molecule has 0 unspecified atom stereocenters. The van der Waals surface area contributed by atoms with Gasteiger partial charge in [-0.1, -0.05) is 16.6 Å². The molecular formula is C22H29N7OS. The zero-order chi connectivity index (χ0) is 22.3. The Kier molecular flexibility index (Phi) is 5.47. The van der Waals surface area contributed by atoms with Crippen molar-refractivity contribution in [3.05, 3.63) is 40.7 Å². The van der Waals surface area contributed by atoms with Crippen LogP contribution in [0.25, 0.3) is 11.3 Å². The Morgan fingerprint density at radius 1 is 1.16 bits per heavy atom. The van der Waals surface area contributed by atoms with Crippen LogP contribution in [0.2, 0.25) is 0 Å². The SMILES string of the molecule is Cc1nnsc1C(=O)N1CCn2c(nc(-c3ccc(N(C)C)cc3)c2NC(C)(C)C)C1. The van der Waals surface area contributed by atoms with Gasteiger partial charge in [0.2, 0.25) is 0 Å². The molecular weight excluding hydrogens is 410 g/mol. The van der Waals surface area contributed by atoms with Gasteiger partial charge >= 0.3 is 0 Å². The summed E-state index contributed by atoms with van der Waals surface area (Å²) in [4.78, 5) is 22.5. The smallest absolute Gasteiger partial charge is 0.267 e. The fourth-order valence-electron chi connectivity index (χ4n) is 3.68. The van der Waals surface area contributed by atoms with Crippen LogP contribution < -0.4 is 10.2 Å². The van der Waals surface area contributed by atoms with E-state index in [1.807, 2.05) is 25.9 Å². The van der Waals surface area contributed by atoms with Crippen LogP contribution in [-0.2, 0) is 13.1 Å². The van der Waals surface area contributed by atoms with E-state index in [1.54, 1.807) is 0 Å². The zero-order valence-electron chi connectivity index (χ0n) is 18.9. The largest absolute Gasteiger partial charge is 0.378 e. The van der Waals surface area contributed by atoms with E-state index in [4.69, 9.17) is 4.98 Å². The number of anilines is 2. The van der Waals surface area contributed by atoms with Gasteiger partial charge in [-0.3, -0.25) is 4.79 Å². The van der Waals surface area contributed by atoms with E-state index in [9.17, 15) is 4.79 Å². The summed E-state index contributed by atoms with van der Waals surface area (Å²) in [6.07, 6.45) is 0. The van der Waals surface area contributed by atoms with Gasteiger partial charge in [-0.2, -0.15) is 0 Å². The van der Waals surface area contributed by atoms with E-state index in [-0.39, 0.29) is 11.4 Å².